The van der Waals surface area contributed by atoms with Crippen LogP contribution in [0.4, 0.5) is 0 Å². The molecule has 1 aromatic rings. The van der Waals surface area contributed by atoms with Gasteiger partial charge in [0, 0.05) is 42.0 Å². The highest BCUT2D eigenvalue weighted by Gasteiger charge is 2.16. The highest BCUT2D eigenvalue weighted by Crippen LogP contribution is 2.14. The van der Waals surface area contributed by atoms with Gasteiger partial charge in [-0.1, -0.05) is 12.1 Å². The van der Waals surface area contributed by atoms with Crippen molar-refractivity contribution in [3.05, 3.63) is 29.8 Å². The highest BCUT2D eigenvalue weighted by atomic mass is 127. The number of phenols is 1. The fourth-order valence-corrected chi connectivity index (χ4v) is 2.69. The van der Waals surface area contributed by atoms with Gasteiger partial charge in [0.15, 0.2) is 0 Å². The monoisotopic (exact) mass is 346 g/mol. The maximum atomic E-state index is 9.19. The minimum Gasteiger partial charge on any atom is -0.508 e. The van der Waals surface area contributed by atoms with Crippen LogP contribution >= 0.6 is 22.9 Å². The van der Waals surface area contributed by atoms with Gasteiger partial charge in [0.25, 0.3) is 0 Å². The Morgan fingerprint density at radius 2 is 1.88 bits per heavy atom. The molecule has 0 unspecified atom stereocenters. The molecule has 0 spiro atoms. The maximum Gasteiger partial charge on any atom is 0.115 e. The average Bonchev–Trinajstić information content (AvgIpc) is 2.34. The molecule has 1 heterocycles. The van der Waals surface area contributed by atoms with Crippen LogP contribution in [0, 0.1) is 0 Å². The van der Waals surface area contributed by atoms with Gasteiger partial charge in [-0.15, -0.1) is 0 Å². The van der Waals surface area contributed by atoms with E-state index in [1.807, 2.05) is 12.1 Å². The number of halogens is 1. The second kappa shape index (κ2) is 6.56. The lowest BCUT2D eigenvalue weighted by atomic mass is 10.1. The maximum absolute atomic E-state index is 9.19. The summed E-state index contributed by atoms with van der Waals surface area (Å²) in [5.41, 5.74) is 1.28. The number of nitrogens with zero attached hydrogens (tertiary/aromatic N) is 1. The van der Waals surface area contributed by atoms with E-state index in [-0.39, 0.29) is 0 Å². The third kappa shape index (κ3) is 4.44. The summed E-state index contributed by atoms with van der Waals surface area (Å²) in [4.78, 5) is 0. The standard InChI is InChI=1S/C13H19IN2O/c14-16-9-6-12(7-10-16)15-8-5-11-1-3-13(17)4-2-11/h1-4,12,15,17H,5-10H2. The minimum atomic E-state index is 0.344. The summed E-state index contributed by atoms with van der Waals surface area (Å²) in [6, 6.07) is 8.17. The van der Waals surface area contributed by atoms with E-state index in [2.05, 4.69) is 31.3 Å². The second-order valence-corrected chi connectivity index (χ2v) is 5.92. The summed E-state index contributed by atoms with van der Waals surface area (Å²) in [6.45, 7) is 3.41. The van der Waals surface area contributed by atoms with Crippen LogP contribution in [0.3, 0.4) is 0 Å². The largest absolute Gasteiger partial charge is 0.508 e. The molecule has 0 radical (unpaired) electrons. The fourth-order valence-electron chi connectivity index (χ4n) is 2.14. The second-order valence-electron chi connectivity index (χ2n) is 4.55. The summed E-state index contributed by atoms with van der Waals surface area (Å²) in [6.07, 6.45) is 3.53. The zero-order valence-corrected chi connectivity index (χ0v) is 12.1. The van der Waals surface area contributed by atoms with Gasteiger partial charge in [-0.25, -0.2) is 3.11 Å². The number of phenolic OH excluding ortho intramolecular Hbond substituents is 1. The third-order valence-electron chi connectivity index (χ3n) is 3.22. The van der Waals surface area contributed by atoms with Gasteiger partial charge in [0.1, 0.15) is 5.75 Å². The summed E-state index contributed by atoms with van der Waals surface area (Å²) in [7, 11) is 0. The fraction of sp³-hybridized carbons (Fsp3) is 0.538. The molecule has 0 aromatic heterocycles. The van der Waals surface area contributed by atoms with Gasteiger partial charge < -0.3 is 10.4 Å². The molecule has 94 valence electrons. The summed E-state index contributed by atoms with van der Waals surface area (Å²) in [5, 5.41) is 12.8. The first-order valence-electron chi connectivity index (χ1n) is 6.16. The van der Waals surface area contributed by atoms with E-state index in [9.17, 15) is 5.11 Å². The molecule has 3 nitrogen and oxygen atoms in total. The van der Waals surface area contributed by atoms with Gasteiger partial charge in [-0.05, 0) is 43.5 Å². The number of piperidine rings is 1. The number of nitrogens with one attached hydrogen (secondary N) is 1. The minimum absolute atomic E-state index is 0.344. The van der Waals surface area contributed by atoms with Crippen LogP contribution in [0.1, 0.15) is 18.4 Å². The third-order valence-corrected chi connectivity index (χ3v) is 4.19. The molecule has 1 aliphatic heterocycles. The summed E-state index contributed by atoms with van der Waals surface area (Å²) < 4.78 is 2.36. The predicted octanol–water partition coefficient (Wildman–Crippen LogP) is 2.34. The predicted molar refractivity (Wildman–Crippen MR) is 78.4 cm³/mol. The van der Waals surface area contributed by atoms with Gasteiger partial charge in [0.05, 0.1) is 0 Å². The lowest BCUT2D eigenvalue weighted by Gasteiger charge is -2.28. The molecule has 1 aromatic carbocycles. The first-order chi connectivity index (χ1) is 8.24. The van der Waals surface area contributed by atoms with Crippen molar-refractivity contribution >= 4 is 22.9 Å². The zero-order valence-electron chi connectivity index (χ0n) is 9.90. The Bertz CT molecular complexity index is 334. The lowest BCUT2D eigenvalue weighted by molar-refractivity contribution is 0.326. The Hall–Kier alpha value is -0.330. The lowest BCUT2D eigenvalue weighted by Crippen LogP contribution is -2.39. The molecule has 1 fully saturated rings. The summed E-state index contributed by atoms with van der Waals surface area (Å²) in [5.74, 6) is 0.344. The van der Waals surface area contributed by atoms with Gasteiger partial charge >= 0.3 is 0 Å². The molecule has 0 saturated carbocycles. The molecule has 0 amide bonds. The van der Waals surface area contributed by atoms with Crippen LogP contribution in [0.2, 0.25) is 0 Å². The van der Waals surface area contributed by atoms with Crippen LogP contribution in [-0.2, 0) is 6.42 Å². The zero-order chi connectivity index (χ0) is 12.1. The number of benzene rings is 1. The SMILES string of the molecule is Oc1ccc(CCNC2CCN(I)CC2)cc1. The van der Waals surface area contributed by atoms with Gasteiger partial charge in [-0.2, -0.15) is 0 Å². The first-order valence-corrected chi connectivity index (χ1v) is 7.12. The smallest absolute Gasteiger partial charge is 0.115 e. The van der Waals surface area contributed by atoms with Crippen LogP contribution < -0.4 is 5.32 Å². The number of hydrogen-bond donors (Lipinski definition) is 2. The molecule has 1 aliphatic rings. The molecule has 17 heavy (non-hydrogen) atoms. The molecule has 0 atom stereocenters. The van der Waals surface area contributed by atoms with Crippen LogP contribution in [-0.4, -0.2) is 33.9 Å². The van der Waals surface area contributed by atoms with Crippen molar-refractivity contribution < 1.29 is 5.11 Å². The molecular weight excluding hydrogens is 327 g/mol. The first kappa shape index (κ1) is 13.1. The Kier molecular flexibility index (Phi) is 5.06. The topological polar surface area (TPSA) is 35.5 Å². The Balaban J connectivity index is 1.67. The van der Waals surface area contributed by atoms with E-state index >= 15 is 0 Å². The van der Waals surface area contributed by atoms with Crippen molar-refractivity contribution in [3.8, 4) is 5.75 Å². The van der Waals surface area contributed by atoms with E-state index in [0.29, 0.717) is 11.8 Å². The molecular formula is C13H19IN2O. The molecule has 4 heteroatoms. The van der Waals surface area contributed by atoms with Crippen molar-refractivity contribution in [2.75, 3.05) is 19.6 Å². The number of rotatable bonds is 4. The Labute approximate surface area is 117 Å². The Morgan fingerprint density at radius 3 is 2.53 bits per heavy atom. The van der Waals surface area contributed by atoms with Crippen LogP contribution in [0.15, 0.2) is 24.3 Å². The van der Waals surface area contributed by atoms with Gasteiger partial charge in [0.2, 0.25) is 0 Å². The molecule has 1 saturated heterocycles. The van der Waals surface area contributed by atoms with Crippen molar-refractivity contribution in [2.45, 2.75) is 25.3 Å². The van der Waals surface area contributed by atoms with Gasteiger partial charge in [-0.3, -0.25) is 0 Å². The molecule has 0 aliphatic carbocycles. The molecule has 2 N–H and O–H groups in total. The van der Waals surface area contributed by atoms with E-state index in [0.717, 1.165) is 13.0 Å². The van der Waals surface area contributed by atoms with Crippen molar-refractivity contribution in [2.24, 2.45) is 0 Å². The van der Waals surface area contributed by atoms with Crippen molar-refractivity contribution in [3.63, 3.8) is 0 Å². The number of aromatic hydroxyl groups is 1. The van der Waals surface area contributed by atoms with Crippen LogP contribution in [0.25, 0.3) is 0 Å². The quantitative estimate of drug-likeness (QED) is 0.649. The normalized spacial score (nSPS) is 18.4. The number of hydrogen-bond acceptors (Lipinski definition) is 3. The average molecular weight is 346 g/mol. The van der Waals surface area contributed by atoms with E-state index in [1.165, 1.54) is 31.5 Å². The molecule has 0 bridgehead atoms. The van der Waals surface area contributed by atoms with E-state index < -0.39 is 0 Å². The van der Waals surface area contributed by atoms with Crippen molar-refractivity contribution in [1.82, 2.24) is 8.43 Å². The molecule has 2 rings (SSSR count). The Morgan fingerprint density at radius 1 is 1.24 bits per heavy atom. The van der Waals surface area contributed by atoms with Crippen molar-refractivity contribution in [1.29, 1.82) is 0 Å². The summed E-state index contributed by atoms with van der Waals surface area (Å²) >= 11 is 2.40. The van der Waals surface area contributed by atoms with Crippen LogP contribution in [0.5, 0.6) is 5.75 Å². The highest BCUT2D eigenvalue weighted by molar-refractivity contribution is 14.1. The van der Waals surface area contributed by atoms with E-state index in [4.69, 9.17) is 0 Å². The van der Waals surface area contributed by atoms with E-state index in [1.54, 1.807) is 12.1 Å².